The van der Waals surface area contributed by atoms with Gasteiger partial charge in [-0.15, -0.1) is 0 Å². The molecule has 6 heteroatoms. The van der Waals surface area contributed by atoms with Crippen molar-refractivity contribution in [2.75, 3.05) is 23.9 Å². The lowest BCUT2D eigenvalue weighted by molar-refractivity contribution is -0.121. The fourth-order valence-electron chi connectivity index (χ4n) is 2.34. The van der Waals surface area contributed by atoms with Crippen LogP contribution < -0.4 is 10.4 Å². The average Bonchev–Trinajstić information content (AvgIpc) is 2.99. The number of carbonyl (C=O) groups is 2. The van der Waals surface area contributed by atoms with Crippen LogP contribution in [0, 0.1) is 0 Å². The fourth-order valence-corrected chi connectivity index (χ4v) is 3.16. The van der Waals surface area contributed by atoms with Crippen molar-refractivity contribution in [1.29, 1.82) is 0 Å². The highest BCUT2D eigenvalue weighted by molar-refractivity contribution is 8.13. The number of rotatable bonds is 5. The van der Waals surface area contributed by atoms with Gasteiger partial charge in [-0.25, -0.2) is 0 Å². The van der Waals surface area contributed by atoms with Crippen molar-refractivity contribution in [2.45, 2.75) is 0 Å². The molecule has 0 aromatic heterocycles. The van der Waals surface area contributed by atoms with Gasteiger partial charge in [-0.1, -0.05) is 48.2 Å². The summed E-state index contributed by atoms with van der Waals surface area (Å²) < 4.78 is 0. The molecule has 1 aliphatic rings. The Kier molecular flexibility index (Phi) is 4.83. The molecule has 5 nitrogen and oxygen atoms in total. The largest absolute Gasteiger partial charge is 0.323 e. The van der Waals surface area contributed by atoms with Gasteiger partial charge < -0.3 is 4.90 Å². The average molecular weight is 327 g/mol. The Labute approximate surface area is 139 Å². The van der Waals surface area contributed by atoms with Crippen LogP contribution in [0.25, 0.3) is 0 Å². The van der Waals surface area contributed by atoms with Crippen LogP contribution in [0.15, 0.2) is 60.7 Å². The number of hydrogen-bond donors (Lipinski definition) is 1. The number of nitrogens with one attached hydrogen (secondary N) is 1. The summed E-state index contributed by atoms with van der Waals surface area (Å²) in [4.78, 5) is 25.5. The molecule has 0 unspecified atom stereocenters. The van der Waals surface area contributed by atoms with E-state index in [4.69, 9.17) is 0 Å². The van der Waals surface area contributed by atoms with Crippen LogP contribution >= 0.6 is 11.8 Å². The number of anilines is 2. The lowest BCUT2D eigenvalue weighted by Crippen LogP contribution is -2.44. The van der Waals surface area contributed by atoms with E-state index in [1.165, 1.54) is 11.8 Å². The van der Waals surface area contributed by atoms with Gasteiger partial charge in [-0.3, -0.25) is 20.0 Å². The molecule has 0 atom stereocenters. The Morgan fingerprint density at radius 1 is 1.04 bits per heavy atom. The summed E-state index contributed by atoms with van der Waals surface area (Å²) in [5.41, 5.74) is 4.60. The number of hydrogen-bond acceptors (Lipinski definition) is 4. The Bertz CT molecular complexity index is 639. The molecule has 1 heterocycles. The number of hydrazine groups is 1. The minimum Gasteiger partial charge on any atom is -0.323 e. The molecule has 1 N–H and O–H groups in total. The summed E-state index contributed by atoms with van der Waals surface area (Å²) in [6.45, 7) is 0.690. The van der Waals surface area contributed by atoms with Crippen LogP contribution in [-0.4, -0.2) is 34.9 Å². The molecule has 1 aliphatic heterocycles. The number of nitrogens with zero attached hydrogens (tertiary/aromatic N) is 2. The smallest absolute Gasteiger partial charge is 0.282 e. The molecule has 0 radical (unpaired) electrons. The van der Waals surface area contributed by atoms with Crippen LogP contribution in [0.1, 0.15) is 0 Å². The van der Waals surface area contributed by atoms with Gasteiger partial charge in [0.05, 0.1) is 11.4 Å². The summed E-state index contributed by atoms with van der Waals surface area (Å²) in [5.74, 6) is 0.529. The van der Waals surface area contributed by atoms with Gasteiger partial charge in [-0.05, 0) is 24.3 Å². The third-order valence-corrected chi connectivity index (χ3v) is 4.34. The highest BCUT2D eigenvalue weighted by atomic mass is 32.2. The van der Waals surface area contributed by atoms with Gasteiger partial charge in [-0.2, -0.15) is 0 Å². The van der Waals surface area contributed by atoms with E-state index < -0.39 is 0 Å². The maximum atomic E-state index is 12.3. The maximum Gasteiger partial charge on any atom is 0.282 e. The Hall–Kier alpha value is -2.47. The standard InChI is InChI=1S/C17H17N3O2S/c21-16(13-19-11-12-23-17(19)22)18-20(14-7-3-1-4-8-14)15-9-5-2-6-10-15/h1-10H,11-13H2,(H,18,21). The lowest BCUT2D eigenvalue weighted by atomic mass is 10.2. The SMILES string of the molecule is O=C(CN1CCSC1=O)NN(c1ccccc1)c1ccccc1. The van der Waals surface area contributed by atoms with Crippen molar-refractivity contribution in [3.05, 3.63) is 60.7 Å². The first-order valence-electron chi connectivity index (χ1n) is 7.35. The zero-order valence-corrected chi connectivity index (χ0v) is 13.3. The summed E-state index contributed by atoms with van der Waals surface area (Å²) in [6.07, 6.45) is 0. The lowest BCUT2D eigenvalue weighted by Gasteiger charge is -2.26. The predicted molar refractivity (Wildman–Crippen MR) is 92.6 cm³/mol. The van der Waals surface area contributed by atoms with Crippen LogP contribution in [0.3, 0.4) is 0 Å². The van der Waals surface area contributed by atoms with Crippen molar-refractivity contribution < 1.29 is 9.59 Å². The van der Waals surface area contributed by atoms with Gasteiger partial charge in [0, 0.05) is 12.3 Å². The fraction of sp³-hybridized carbons (Fsp3) is 0.176. The molecule has 0 saturated carbocycles. The van der Waals surface area contributed by atoms with E-state index in [1.807, 2.05) is 60.7 Å². The van der Waals surface area contributed by atoms with Gasteiger partial charge in [0.25, 0.3) is 11.1 Å². The minimum absolute atomic E-state index is 0.0360. The molecule has 3 rings (SSSR count). The van der Waals surface area contributed by atoms with Gasteiger partial charge >= 0.3 is 0 Å². The second-order valence-corrected chi connectivity index (χ2v) is 6.12. The minimum atomic E-state index is -0.214. The second-order valence-electron chi connectivity index (χ2n) is 5.08. The second kappa shape index (κ2) is 7.19. The molecule has 0 aliphatic carbocycles. The summed E-state index contributed by atoms with van der Waals surface area (Å²) in [7, 11) is 0. The molecule has 23 heavy (non-hydrogen) atoms. The third kappa shape index (κ3) is 3.84. The summed E-state index contributed by atoms with van der Waals surface area (Å²) in [5, 5.41) is 1.70. The molecule has 0 spiro atoms. The Morgan fingerprint density at radius 2 is 1.61 bits per heavy atom. The van der Waals surface area contributed by atoms with E-state index in [0.717, 1.165) is 17.1 Å². The number of benzene rings is 2. The Balaban J connectivity index is 1.76. The monoisotopic (exact) mass is 327 g/mol. The molecule has 0 bridgehead atoms. The molecule has 118 valence electrons. The predicted octanol–water partition coefficient (Wildman–Crippen LogP) is 3.02. The van der Waals surface area contributed by atoms with Crippen molar-refractivity contribution in [2.24, 2.45) is 0 Å². The zero-order valence-electron chi connectivity index (χ0n) is 12.5. The normalized spacial score (nSPS) is 13.9. The topological polar surface area (TPSA) is 52.7 Å². The van der Waals surface area contributed by atoms with Crippen molar-refractivity contribution in [3.8, 4) is 0 Å². The van der Waals surface area contributed by atoms with E-state index in [-0.39, 0.29) is 17.7 Å². The molecule has 2 amide bonds. The molecule has 1 fully saturated rings. The van der Waals surface area contributed by atoms with Crippen LogP contribution in [0.4, 0.5) is 16.2 Å². The van der Waals surface area contributed by atoms with E-state index in [2.05, 4.69) is 5.43 Å². The summed E-state index contributed by atoms with van der Waals surface area (Å²) in [6, 6.07) is 19.2. The Morgan fingerprint density at radius 3 is 2.09 bits per heavy atom. The first-order chi connectivity index (χ1) is 11.2. The number of thioether (sulfide) groups is 1. The van der Waals surface area contributed by atoms with E-state index in [9.17, 15) is 9.59 Å². The van der Waals surface area contributed by atoms with Crippen molar-refractivity contribution in [3.63, 3.8) is 0 Å². The molecule has 2 aromatic rings. The summed E-state index contributed by atoms with van der Waals surface area (Å²) >= 11 is 1.25. The van der Waals surface area contributed by atoms with E-state index in [0.29, 0.717) is 6.54 Å². The molecular formula is C17H17N3O2S. The van der Waals surface area contributed by atoms with E-state index >= 15 is 0 Å². The highest BCUT2D eigenvalue weighted by Crippen LogP contribution is 2.22. The van der Waals surface area contributed by atoms with Gasteiger partial charge in [0.2, 0.25) is 0 Å². The van der Waals surface area contributed by atoms with Crippen LogP contribution in [0.5, 0.6) is 0 Å². The van der Waals surface area contributed by atoms with Crippen molar-refractivity contribution in [1.82, 2.24) is 10.3 Å². The number of para-hydroxylation sites is 2. The highest BCUT2D eigenvalue weighted by Gasteiger charge is 2.24. The molecular weight excluding hydrogens is 310 g/mol. The van der Waals surface area contributed by atoms with Crippen LogP contribution in [-0.2, 0) is 4.79 Å². The first-order valence-corrected chi connectivity index (χ1v) is 8.34. The zero-order chi connectivity index (χ0) is 16.1. The molecule has 1 saturated heterocycles. The van der Waals surface area contributed by atoms with Crippen LogP contribution in [0.2, 0.25) is 0 Å². The number of amides is 2. The maximum absolute atomic E-state index is 12.3. The van der Waals surface area contributed by atoms with Crippen molar-refractivity contribution >= 4 is 34.3 Å². The molecule has 2 aromatic carbocycles. The van der Waals surface area contributed by atoms with Gasteiger partial charge in [0.15, 0.2) is 0 Å². The number of carbonyl (C=O) groups excluding carboxylic acids is 2. The van der Waals surface area contributed by atoms with E-state index in [1.54, 1.807) is 9.91 Å². The quantitative estimate of drug-likeness (QED) is 0.858. The first kappa shape index (κ1) is 15.4. The van der Waals surface area contributed by atoms with Gasteiger partial charge in [0.1, 0.15) is 6.54 Å². The third-order valence-electron chi connectivity index (χ3n) is 3.44.